The lowest BCUT2D eigenvalue weighted by molar-refractivity contribution is 1.20. The highest BCUT2D eigenvalue weighted by atomic mass is 32.1. The van der Waals surface area contributed by atoms with Crippen LogP contribution in [-0.4, -0.2) is 39.9 Å². The Hall–Kier alpha value is -2.94. The van der Waals surface area contributed by atoms with Crippen LogP contribution in [0.5, 0.6) is 0 Å². The predicted molar refractivity (Wildman–Crippen MR) is 88.0 cm³/mol. The topological polar surface area (TPSA) is 122 Å². The number of nitrogens with two attached hydrogens (primary N) is 1. The fourth-order valence-corrected chi connectivity index (χ4v) is 1.47. The molecule has 4 rings (SSSR count). The molecule has 4 aromatic rings. The number of hydrogen-bond donors (Lipinski definition) is 3. The number of aromatic nitrogens is 7. The quantitative estimate of drug-likeness (QED) is 0.421. The Labute approximate surface area is 131 Å². The fourth-order valence-electron chi connectivity index (χ4n) is 1.47. The Morgan fingerprint density at radius 2 is 1.68 bits per heavy atom. The molecule has 0 saturated heterocycles. The predicted octanol–water partition coefficient (Wildman–Crippen LogP) is 1.60. The Kier molecular flexibility index (Phi) is 5.44. The van der Waals surface area contributed by atoms with E-state index in [1.807, 2.05) is 12.1 Å². The summed E-state index contributed by atoms with van der Waals surface area (Å²) in [6.07, 6.45) is 8.12. The normalized spacial score (nSPS) is 9.50. The number of H-pyrrole nitrogens is 2. The molecule has 9 heteroatoms. The van der Waals surface area contributed by atoms with E-state index in [1.54, 1.807) is 32.0 Å². The third kappa shape index (κ3) is 4.56. The van der Waals surface area contributed by atoms with Crippen molar-refractivity contribution < 1.29 is 0 Å². The maximum atomic E-state index is 4.84. The maximum absolute atomic E-state index is 4.84. The summed E-state index contributed by atoms with van der Waals surface area (Å²) in [4.78, 5) is 25.9. The van der Waals surface area contributed by atoms with Crippen LogP contribution in [0, 0.1) is 0 Å². The first-order chi connectivity index (χ1) is 10.7. The number of aromatic amines is 2. The number of nitrogens with one attached hydrogen (secondary N) is 2. The van der Waals surface area contributed by atoms with Crippen LogP contribution in [0.1, 0.15) is 6.92 Å². The highest BCUT2D eigenvalue weighted by Gasteiger charge is 1.91. The molecule has 4 N–H and O–H groups in total. The van der Waals surface area contributed by atoms with E-state index in [4.69, 9.17) is 5.73 Å². The van der Waals surface area contributed by atoms with Crippen molar-refractivity contribution in [3.05, 3.63) is 43.5 Å². The Bertz CT molecular complexity index is 723. The molecule has 8 nitrogen and oxygen atoms in total. The van der Waals surface area contributed by atoms with E-state index in [2.05, 4.69) is 47.1 Å². The molecule has 0 fully saturated rings. The average molecular weight is 314 g/mol. The molecule has 4 heterocycles. The van der Waals surface area contributed by atoms with Gasteiger partial charge in [0.15, 0.2) is 11.3 Å². The van der Waals surface area contributed by atoms with Gasteiger partial charge in [-0.25, -0.2) is 24.9 Å². The summed E-state index contributed by atoms with van der Waals surface area (Å²) >= 11 is 4.31. The third-order valence-electron chi connectivity index (χ3n) is 2.29. The van der Waals surface area contributed by atoms with Gasteiger partial charge in [0.1, 0.15) is 11.8 Å². The van der Waals surface area contributed by atoms with Crippen LogP contribution in [0.15, 0.2) is 43.5 Å². The molecule has 4 aromatic heterocycles. The first kappa shape index (κ1) is 15.4. The highest BCUT2D eigenvalue weighted by Crippen LogP contribution is 2.01. The molecule has 0 unspecified atom stereocenters. The molecule has 0 aromatic carbocycles. The summed E-state index contributed by atoms with van der Waals surface area (Å²) in [6.45, 7) is 1.68. The van der Waals surface area contributed by atoms with Gasteiger partial charge < -0.3 is 15.7 Å². The second kappa shape index (κ2) is 7.74. The van der Waals surface area contributed by atoms with Crippen LogP contribution in [-0.2, 0) is 0 Å². The summed E-state index contributed by atoms with van der Waals surface area (Å²) in [7, 11) is 0. The van der Waals surface area contributed by atoms with Crippen LogP contribution in [0.25, 0.3) is 22.3 Å². The second-order valence-corrected chi connectivity index (χ2v) is 4.69. The maximum Gasteiger partial charge on any atom is 0.180 e. The van der Waals surface area contributed by atoms with Gasteiger partial charge >= 0.3 is 0 Å². The largest absolute Gasteiger partial charge is 0.394 e. The Morgan fingerprint density at radius 1 is 1.05 bits per heavy atom. The summed E-state index contributed by atoms with van der Waals surface area (Å²) < 4.78 is 0. The number of nitrogens with zero attached hydrogens (tertiary/aromatic N) is 5. The lowest BCUT2D eigenvalue weighted by Crippen LogP contribution is -1.98. The molecule has 22 heavy (non-hydrogen) atoms. The number of fused-ring (bicyclic) bond motifs is 2. The smallest absolute Gasteiger partial charge is 0.180 e. The van der Waals surface area contributed by atoms with E-state index >= 15 is 0 Å². The first-order valence-electron chi connectivity index (χ1n) is 6.26. The van der Waals surface area contributed by atoms with Gasteiger partial charge in [-0.05, 0) is 19.1 Å². The minimum absolute atomic E-state index is 0.500. The van der Waals surface area contributed by atoms with E-state index < -0.39 is 0 Å². The molecular formula is C13H14N8S. The Morgan fingerprint density at radius 3 is 2.32 bits per heavy atom. The number of pyridine rings is 1. The molecule has 0 atom stereocenters. The number of thiocarbonyl (C=S) groups is 1. The van der Waals surface area contributed by atoms with Crippen LogP contribution < -0.4 is 5.73 Å². The molecule has 0 aliphatic carbocycles. The zero-order valence-corrected chi connectivity index (χ0v) is 12.6. The van der Waals surface area contributed by atoms with E-state index in [0.29, 0.717) is 10.6 Å². The van der Waals surface area contributed by atoms with Gasteiger partial charge in [-0.1, -0.05) is 12.2 Å². The van der Waals surface area contributed by atoms with Crippen LogP contribution in [0.2, 0.25) is 0 Å². The lowest BCUT2D eigenvalue weighted by Gasteiger charge is -1.80. The van der Waals surface area contributed by atoms with Crippen molar-refractivity contribution >= 4 is 39.5 Å². The van der Waals surface area contributed by atoms with Gasteiger partial charge in [-0.3, -0.25) is 0 Å². The SMILES string of the molecule is CC(N)=S.c1cnc2nc[nH]c2c1.c1ncc2[nH]cnc2n1. The molecule has 0 radical (unpaired) electrons. The van der Waals surface area contributed by atoms with Gasteiger partial charge in [-0.15, -0.1) is 0 Å². The molecule has 0 amide bonds. The van der Waals surface area contributed by atoms with Gasteiger partial charge in [0, 0.05) is 6.20 Å². The zero-order chi connectivity index (χ0) is 15.8. The summed E-state index contributed by atoms with van der Waals surface area (Å²) in [5.41, 5.74) is 8.19. The molecule has 0 aliphatic heterocycles. The van der Waals surface area contributed by atoms with Crippen molar-refractivity contribution in [1.29, 1.82) is 0 Å². The van der Waals surface area contributed by atoms with Crippen molar-refractivity contribution in [2.24, 2.45) is 5.73 Å². The van der Waals surface area contributed by atoms with E-state index in [1.165, 1.54) is 6.33 Å². The summed E-state index contributed by atoms with van der Waals surface area (Å²) in [5, 5.41) is 0. The summed E-state index contributed by atoms with van der Waals surface area (Å²) in [6, 6.07) is 3.82. The second-order valence-electron chi connectivity index (χ2n) is 4.05. The minimum atomic E-state index is 0.500. The number of hydrogen-bond acceptors (Lipinski definition) is 6. The monoisotopic (exact) mass is 314 g/mol. The molecule has 0 spiro atoms. The van der Waals surface area contributed by atoms with Crippen LogP contribution in [0.4, 0.5) is 0 Å². The molecule has 0 saturated carbocycles. The minimum Gasteiger partial charge on any atom is -0.394 e. The van der Waals surface area contributed by atoms with E-state index in [0.717, 1.165) is 16.7 Å². The van der Waals surface area contributed by atoms with E-state index in [-0.39, 0.29) is 0 Å². The van der Waals surface area contributed by atoms with Crippen molar-refractivity contribution in [3.8, 4) is 0 Å². The van der Waals surface area contributed by atoms with Gasteiger partial charge in [0.25, 0.3) is 0 Å². The lowest BCUT2D eigenvalue weighted by atomic mass is 10.4. The van der Waals surface area contributed by atoms with Crippen molar-refractivity contribution in [2.75, 3.05) is 0 Å². The summed E-state index contributed by atoms with van der Waals surface area (Å²) in [5.74, 6) is 0. The molecule has 112 valence electrons. The molecule has 0 aliphatic rings. The molecular weight excluding hydrogens is 300 g/mol. The van der Waals surface area contributed by atoms with Crippen LogP contribution >= 0.6 is 12.2 Å². The van der Waals surface area contributed by atoms with Crippen molar-refractivity contribution in [1.82, 2.24) is 34.9 Å². The molecule has 0 bridgehead atoms. The van der Waals surface area contributed by atoms with Crippen molar-refractivity contribution in [3.63, 3.8) is 0 Å². The van der Waals surface area contributed by atoms with Crippen LogP contribution in [0.3, 0.4) is 0 Å². The van der Waals surface area contributed by atoms with Gasteiger partial charge in [0.2, 0.25) is 0 Å². The van der Waals surface area contributed by atoms with Gasteiger partial charge in [-0.2, -0.15) is 0 Å². The van der Waals surface area contributed by atoms with E-state index in [9.17, 15) is 0 Å². The zero-order valence-electron chi connectivity index (χ0n) is 11.8. The van der Waals surface area contributed by atoms with Gasteiger partial charge in [0.05, 0.1) is 29.4 Å². The average Bonchev–Trinajstić information content (AvgIpc) is 3.16. The fraction of sp³-hybridized carbons (Fsp3) is 0.0769. The first-order valence-corrected chi connectivity index (χ1v) is 6.67. The standard InChI is InChI=1S/C6H5N3.C5H4N4.C2H5NS/c1-2-5-6(7-3-1)9-4-8-5;1-4-5(8-2-6-1)9-3-7-4;1-2(3)4/h1-4H,(H,7,8,9);1-3H,(H,6,7,8,9);1H3,(H2,3,4). The Balaban J connectivity index is 0.000000131. The number of imidazole rings is 2. The van der Waals surface area contributed by atoms with Crippen molar-refractivity contribution in [2.45, 2.75) is 6.92 Å². The third-order valence-corrected chi connectivity index (χ3v) is 2.29. The highest BCUT2D eigenvalue weighted by molar-refractivity contribution is 7.80. The number of rotatable bonds is 0.